The minimum absolute atomic E-state index is 0.209. The third-order valence-electron chi connectivity index (χ3n) is 5.85. The van der Waals surface area contributed by atoms with Gasteiger partial charge in [-0.3, -0.25) is 9.78 Å². The lowest BCUT2D eigenvalue weighted by molar-refractivity contribution is 0.0695. The molecule has 2 fully saturated rings. The first-order valence-electron chi connectivity index (χ1n) is 10.0. The van der Waals surface area contributed by atoms with Crippen LogP contribution in [0.25, 0.3) is 10.9 Å². The van der Waals surface area contributed by atoms with Gasteiger partial charge in [-0.15, -0.1) is 0 Å². The molecule has 9 nitrogen and oxygen atoms in total. The van der Waals surface area contributed by atoms with E-state index in [2.05, 4.69) is 19.8 Å². The van der Waals surface area contributed by atoms with Crippen molar-refractivity contribution >= 4 is 34.1 Å². The molecule has 2 aromatic heterocycles. The molecule has 5 rings (SSSR count). The van der Waals surface area contributed by atoms with Crippen LogP contribution in [0, 0.1) is 0 Å². The zero-order valence-corrected chi connectivity index (χ0v) is 16.4. The summed E-state index contributed by atoms with van der Waals surface area (Å²) in [4.78, 5) is 37.1. The minimum atomic E-state index is -1.21. The maximum Gasteiger partial charge on any atom is 0.341 e. The second-order valence-electron chi connectivity index (χ2n) is 7.78. The number of aromatic nitrogens is 3. The second-order valence-corrected chi connectivity index (χ2v) is 7.78. The van der Waals surface area contributed by atoms with Crippen LogP contribution in [-0.4, -0.2) is 51.8 Å². The van der Waals surface area contributed by atoms with Crippen molar-refractivity contribution in [2.45, 2.75) is 18.9 Å². The summed E-state index contributed by atoms with van der Waals surface area (Å²) in [5, 5.41) is 9.79. The van der Waals surface area contributed by atoms with Gasteiger partial charge in [-0.1, -0.05) is 0 Å². The van der Waals surface area contributed by atoms with Gasteiger partial charge in [0.1, 0.15) is 11.4 Å². The van der Waals surface area contributed by atoms with E-state index in [0.29, 0.717) is 11.1 Å². The van der Waals surface area contributed by atoms with Gasteiger partial charge < -0.3 is 25.2 Å². The van der Waals surface area contributed by atoms with E-state index in [4.69, 9.17) is 5.73 Å². The van der Waals surface area contributed by atoms with Crippen molar-refractivity contribution in [1.82, 2.24) is 14.5 Å². The normalized spacial score (nSPS) is 16.8. The molecule has 154 valence electrons. The molecule has 0 unspecified atom stereocenters. The van der Waals surface area contributed by atoms with Crippen molar-refractivity contribution in [1.29, 1.82) is 0 Å². The van der Waals surface area contributed by atoms with E-state index >= 15 is 0 Å². The van der Waals surface area contributed by atoms with Gasteiger partial charge in [0.05, 0.1) is 23.1 Å². The maximum absolute atomic E-state index is 12.7. The molecule has 2 aliphatic rings. The van der Waals surface area contributed by atoms with Crippen LogP contribution in [0.4, 0.5) is 17.2 Å². The lowest BCUT2D eigenvalue weighted by Crippen LogP contribution is -2.47. The minimum Gasteiger partial charge on any atom is -0.477 e. The Bertz CT molecular complexity index is 1180. The first kappa shape index (κ1) is 18.4. The monoisotopic (exact) mass is 406 g/mol. The number of pyridine rings is 1. The van der Waals surface area contributed by atoms with Crippen molar-refractivity contribution in [3.8, 4) is 0 Å². The number of fused-ring (bicyclic) bond motifs is 1. The molecule has 3 heterocycles. The van der Waals surface area contributed by atoms with Crippen molar-refractivity contribution in [2.75, 3.05) is 41.7 Å². The van der Waals surface area contributed by atoms with Crippen molar-refractivity contribution in [2.24, 2.45) is 0 Å². The van der Waals surface area contributed by atoms with Gasteiger partial charge >= 0.3 is 5.97 Å². The number of piperazine rings is 1. The summed E-state index contributed by atoms with van der Waals surface area (Å²) in [6.45, 7) is 3.08. The molecule has 3 aromatic rings. The van der Waals surface area contributed by atoms with Gasteiger partial charge in [0.15, 0.2) is 0 Å². The molecule has 30 heavy (non-hydrogen) atoms. The highest BCUT2D eigenvalue weighted by molar-refractivity contribution is 5.96. The Morgan fingerprint density at radius 1 is 1.10 bits per heavy atom. The number of anilines is 3. The van der Waals surface area contributed by atoms with E-state index in [-0.39, 0.29) is 11.6 Å². The number of carboxylic acids is 1. The third-order valence-corrected chi connectivity index (χ3v) is 5.85. The van der Waals surface area contributed by atoms with Crippen molar-refractivity contribution in [3.05, 3.63) is 52.7 Å². The maximum atomic E-state index is 12.7. The number of aromatic carboxylic acids is 1. The average molecular weight is 406 g/mol. The molecule has 0 atom stereocenters. The summed E-state index contributed by atoms with van der Waals surface area (Å²) < 4.78 is 1.93. The topological polar surface area (TPSA) is 118 Å². The number of carboxylic acid groups (broad SMARTS) is 1. The zero-order chi connectivity index (χ0) is 20.8. The first-order valence-corrected chi connectivity index (χ1v) is 10.0. The molecule has 1 aliphatic heterocycles. The number of carbonyl (C=O) groups is 1. The average Bonchev–Trinajstić information content (AvgIpc) is 3.60. The number of benzene rings is 1. The second kappa shape index (κ2) is 7.01. The summed E-state index contributed by atoms with van der Waals surface area (Å²) in [5.41, 5.74) is 7.73. The number of hydrogen-bond donors (Lipinski definition) is 2. The Morgan fingerprint density at radius 3 is 2.47 bits per heavy atom. The largest absolute Gasteiger partial charge is 0.477 e. The highest BCUT2D eigenvalue weighted by Crippen LogP contribution is 2.39. The summed E-state index contributed by atoms with van der Waals surface area (Å²) in [7, 11) is 0. The molecular formula is C21H22N6O3. The van der Waals surface area contributed by atoms with Crippen LogP contribution in [0.1, 0.15) is 29.2 Å². The van der Waals surface area contributed by atoms with Gasteiger partial charge in [-0.25, -0.2) is 9.78 Å². The molecule has 9 heteroatoms. The number of nitrogens with two attached hydrogens (primary N) is 1. The Hall–Kier alpha value is -3.62. The first-order chi connectivity index (χ1) is 14.5. The fourth-order valence-electron chi connectivity index (χ4n) is 4.11. The number of nitrogens with zero attached hydrogens (tertiary/aromatic N) is 5. The van der Waals surface area contributed by atoms with Crippen LogP contribution >= 0.6 is 0 Å². The summed E-state index contributed by atoms with van der Waals surface area (Å²) >= 11 is 0. The van der Waals surface area contributed by atoms with E-state index in [1.807, 2.05) is 10.6 Å². The van der Waals surface area contributed by atoms with E-state index < -0.39 is 11.4 Å². The fourth-order valence-corrected chi connectivity index (χ4v) is 4.11. The van der Waals surface area contributed by atoms with Gasteiger partial charge in [0, 0.05) is 56.2 Å². The summed E-state index contributed by atoms with van der Waals surface area (Å²) in [5.74, 6) is -0.355. The fraction of sp³-hybridized carbons (Fsp3) is 0.333. The molecule has 1 saturated heterocycles. The van der Waals surface area contributed by atoms with E-state index in [1.165, 1.54) is 6.20 Å². The number of hydrogen-bond acceptors (Lipinski definition) is 7. The van der Waals surface area contributed by atoms with E-state index in [9.17, 15) is 14.7 Å². The highest BCUT2D eigenvalue weighted by atomic mass is 16.4. The van der Waals surface area contributed by atoms with Crippen LogP contribution < -0.4 is 21.0 Å². The predicted octanol–water partition coefficient (Wildman–Crippen LogP) is 1.73. The molecule has 1 aromatic carbocycles. The quantitative estimate of drug-likeness (QED) is 0.629. The third kappa shape index (κ3) is 3.12. The SMILES string of the molecule is Nc1cc2c(=O)c(C(=O)O)cn(C3CC3)c2cc1N1CCN(c2cnccn2)CC1. The smallest absolute Gasteiger partial charge is 0.341 e. The highest BCUT2D eigenvalue weighted by Gasteiger charge is 2.28. The van der Waals surface area contributed by atoms with Crippen LogP contribution in [0.5, 0.6) is 0 Å². The van der Waals surface area contributed by atoms with Gasteiger partial charge in [-0.05, 0) is 25.0 Å². The van der Waals surface area contributed by atoms with Crippen molar-refractivity contribution in [3.63, 3.8) is 0 Å². The zero-order valence-electron chi connectivity index (χ0n) is 16.4. The molecule has 0 amide bonds. The van der Waals surface area contributed by atoms with Crippen LogP contribution in [-0.2, 0) is 0 Å². The van der Waals surface area contributed by atoms with E-state index in [0.717, 1.165) is 56.0 Å². The Labute approximate surface area is 172 Å². The van der Waals surface area contributed by atoms with Crippen molar-refractivity contribution < 1.29 is 9.90 Å². The van der Waals surface area contributed by atoms with Crippen LogP contribution in [0.15, 0.2) is 41.7 Å². The van der Waals surface area contributed by atoms with Gasteiger partial charge in [0.25, 0.3) is 0 Å². The molecule has 1 saturated carbocycles. The number of rotatable bonds is 4. The Morgan fingerprint density at radius 2 is 1.83 bits per heavy atom. The number of nitrogen functional groups attached to an aromatic ring is 1. The summed E-state index contributed by atoms with van der Waals surface area (Å²) in [6.07, 6.45) is 8.54. The van der Waals surface area contributed by atoms with Gasteiger partial charge in [-0.2, -0.15) is 0 Å². The van der Waals surface area contributed by atoms with Gasteiger partial charge in [0.2, 0.25) is 5.43 Å². The van der Waals surface area contributed by atoms with Crippen LogP contribution in [0.3, 0.4) is 0 Å². The molecular weight excluding hydrogens is 384 g/mol. The van der Waals surface area contributed by atoms with Crippen LogP contribution in [0.2, 0.25) is 0 Å². The standard InChI is InChI=1S/C21H22N6O3/c22-16-9-14-17(27(13-1-2-13)12-15(20(14)28)21(29)30)10-18(16)25-5-7-26(8-6-25)19-11-23-3-4-24-19/h3-4,9-13H,1-2,5-8,22H2,(H,29,30). The Kier molecular flexibility index (Phi) is 4.30. The summed E-state index contributed by atoms with van der Waals surface area (Å²) in [6, 6.07) is 3.80. The predicted molar refractivity (Wildman–Crippen MR) is 114 cm³/mol. The lowest BCUT2D eigenvalue weighted by Gasteiger charge is -2.37. The molecule has 0 spiro atoms. The molecule has 0 bridgehead atoms. The lowest BCUT2D eigenvalue weighted by atomic mass is 10.1. The van der Waals surface area contributed by atoms with E-state index in [1.54, 1.807) is 24.7 Å². The molecule has 3 N–H and O–H groups in total. The molecule has 1 aliphatic carbocycles. The Balaban J connectivity index is 1.51. The molecule has 0 radical (unpaired) electrons.